The number of hydrogen-bond acceptors (Lipinski definition) is 2. The molecule has 1 aliphatic rings. The van der Waals surface area contributed by atoms with Gasteiger partial charge in [-0.25, -0.2) is 0 Å². The van der Waals surface area contributed by atoms with Crippen LogP contribution >= 0.6 is 11.6 Å². The molecule has 0 bridgehead atoms. The largest absolute Gasteiger partial charge is 0.497 e. The predicted molar refractivity (Wildman–Crippen MR) is 88.6 cm³/mol. The Morgan fingerprint density at radius 1 is 1.10 bits per heavy atom. The minimum Gasteiger partial charge on any atom is -0.497 e. The molecule has 1 aliphatic carbocycles. The third-order valence-corrected chi connectivity index (χ3v) is 4.54. The van der Waals surface area contributed by atoms with Crippen molar-refractivity contribution in [2.45, 2.75) is 31.7 Å². The number of nitrogens with one attached hydrogen (secondary N) is 1. The van der Waals surface area contributed by atoms with Crippen LogP contribution in [-0.2, 0) is 0 Å². The quantitative estimate of drug-likeness (QED) is 0.856. The number of rotatable bonds is 4. The van der Waals surface area contributed by atoms with Crippen LogP contribution in [0.3, 0.4) is 0 Å². The monoisotopic (exact) mass is 301 g/mol. The lowest BCUT2D eigenvalue weighted by Gasteiger charge is -2.37. The van der Waals surface area contributed by atoms with Crippen LogP contribution in [0.15, 0.2) is 42.5 Å². The average molecular weight is 302 g/mol. The average Bonchev–Trinajstić information content (AvgIpc) is 2.46. The first-order valence-corrected chi connectivity index (χ1v) is 7.70. The molecule has 1 saturated carbocycles. The van der Waals surface area contributed by atoms with E-state index in [1.807, 2.05) is 24.3 Å². The second-order valence-corrected chi connectivity index (χ2v) is 6.17. The maximum absolute atomic E-state index is 6.23. The van der Waals surface area contributed by atoms with E-state index in [4.69, 9.17) is 16.3 Å². The number of methoxy groups -OCH3 is 1. The van der Waals surface area contributed by atoms with Crippen molar-refractivity contribution in [2.75, 3.05) is 12.4 Å². The van der Waals surface area contributed by atoms with Crippen molar-refractivity contribution in [2.24, 2.45) is 0 Å². The highest BCUT2D eigenvalue weighted by Gasteiger charge is 2.30. The zero-order valence-corrected chi connectivity index (χ0v) is 13.2. The van der Waals surface area contributed by atoms with Crippen molar-refractivity contribution in [1.82, 2.24) is 0 Å². The topological polar surface area (TPSA) is 21.3 Å². The normalized spacial score (nSPS) is 20.7. The standard InChI is InChI=1S/C18H20ClNO/c1-12-3-8-17(19)18(9-12)20-15-10-14(11-15)13-4-6-16(21-2)7-5-13/h3-9,14-15,20H,10-11H2,1-2H3. The van der Waals surface area contributed by atoms with Crippen molar-refractivity contribution in [3.63, 3.8) is 0 Å². The van der Waals surface area contributed by atoms with E-state index in [0.29, 0.717) is 12.0 Å². The summed E-state index contributed by atoms with van der Waals surface area (Å²) in [6.07, 6.45) is 2.30. The Morgan fingerprint density at radius 3 is 2.48 bits per heavy atom. The van der Waals surface area contributed by atoms with Crippen LogP contribution < -0.4 is 10.1 Å². The molecule has 3 heteroatoms. The lowest BCUT2D eigenvalue weighted by molar-refractivity contribution is 0.373. The molecule has 0 spiro atoms. The maximum atomic E-state index is 6.23. The van der Waals surface area contributed by atoms with E-state index in [1.165, 1.54) is 11.1 Å². The van der Waals surface area contributed by atoms with Gasteiger partial charge in [-0.1, -0.05) is 29.8 Å². The Hall–Kier alpha value is -1.67. The lowest BCUT2D eigenvalue weighted by atomic mass is 9.76. The van der Waals surface area contributed by atoms with E-state index in [-0.39, 0.29) is 0 Å². The molecule has 1 fully saturated rings. The third kappa shape index (κ3) is 3.16. The van der Waals surface area contributed by atoms with E-state index in [9.17, 15) is 0 Å². The van der Waals surface area contributed by atoms with Crippen LogP contribution in [0.25, 0.3) is 0 Å². The van der Waals surface area contributed by atoms with Gasteiger partial charge in [-0.15, -0.1) is 0 Å². The van der Waals surface area contributed by atoms with Gasteiger partial charge in [0.15, 0.2) is 0 Å². The molecule has 21 heavy (non-hydrogen) atoms. The number of ether oxygens (including phenoxy) is 1. The summed E-state index contributed by atoms with van der Waals surface area (Å²) in [5.41, 5.74) is 3.67. The zero-order chi connectivity index (χ0) is 14.8. The first-order chi connectivity index (χ1) is 10.2. The molecule has 2 aromatic rings. The molecule has 0 radical (unpaired) electrons. The molecular formula is C18H20ClNO. The second kappa shape index (κ2) is 5.98. The summed E-state index contributed by atoms with van der Waals surface area (Å²) in [5, 5.41) is 4.35. The molecule has 2 nitrogen and oxygen atoms in total. The van der Waals surface area contributed by atoms with Gasteiger partial charge in [0.1, 0.15) is 5.75 Å². The molecular weight excluding hydrogens is 282 g/mol. The smallest absolute Gasteiger partial charge is 0.118 e. The summed E-state index contributed by atoms with van der Waals surface area (Å²) >= 11 is 6.23. The summed E-state index contributed by atoms with van der Waals surface area (Å²) in [4.78, 5) is 0. The van der Waals surface area contributed by atoms with Gasteiger partial charge in [-0.05, 0) is 61.1 Å². The molecule has 0 saturated heterocycles. The summed E-state index contributed by atoms with van der Waals surface area (Å²) in [6, 6.07) is 15.0. The van der Waals surface area contributed by atoms with E-state index in [0.717, 1.165) is 29.3 Å². The summed E-state index contributed by atoms with van der Waals surface area (Å²) < 4.78 is 5.20. The Kier molecular flexibility index (Phi) is 4.07. The van der Waals surface area contributed by atoms with E-state index in [2.05, 4.69) is 30.4 Å². The van der Waals surface area contributed by atoms with Crippen LogP contribution in [0.4, 0.5) is 5.69 Å². The number of anilines is 1. The Labute approximate surface area is 131 Å². The molecule has 3 rings (SSSR count). The molecule has 0 heterocycles. The highest BCUT2D eigenvalue weighted by Crippen LogP contribution is 2.39. The van der Waals surface area contributed by atoms with Crippen LogP contribution in [0.1, 0.15) is 29.9 Å². The van der Waals surface area contributed by atoms with E-state index >= 15 is 0 Å². The molecule has 0 aromatic heterocycles. The molecule has 0 amide bonds. The Morgan fingerprint density at radius 2 is 1.81 bits per heavy atom. The highest BCUT2D eigenvalue weighted by atomic mass is 35.5. The molecule has 2 aromatic carbocycles. The summed E-state index contributed by atoms with van der Waals surface area (Å²) in [5.74, 6) is 1.55. The lowest BCUT2D eigenvalue weighted by Crippen LogP contribution is -2.34. The van der Waals surface area contributed by atoms with Gasteiger partial charge in [-0.2, -0.15) is 0 Å². The van der Waals surface area contributed by atoms with Crippen LogP contribution in [-0.4, -0.2) is 13.2 Å². The number of hydrogen-bond donors (Lipinski definition) is 1. The van der Waals surface area contributed by atoms with Crippen LogP contribution in [0.2, 0.25) is 5.02 Å². The van der Waals surface area contributed by atoms with Crippen molar-refractivity contribution in [3.8, 4) is 5.75 Å². The molecule has 0 unspecified atom stereocenters. The fourth-order valence-corrected chi connectivity index (χ4v) is 3.03. The molecule has 0 atom stereocenters. The van der Waals surface area contributed by atoms with Crippen molar-refractivity contribution < 1.29 is 4.74 Å². The first-order valence-electron chi connectivity index (χ1n) is 7.32. The van der Waals surface area contributed by atoms with Gasteiger partial charge < -0.3 is 10.1 Å². The fourth-order valence-electron chi connectivity index (χ4n) is 2.85. The first kappa shape index (κ1) is 14.3. The highest BCUT2D eigenvalue weighted by molar-refractivity contribution is 6.33. The summed E-state index contributed by atoms with van der Waals surface area (Å²) in [6.45, 7) is 2.09. The minimum atomic E-state index is 0.511. The van der Waals surface area contributed by atoms with E-state index < -0.39 is 0 Å². The predicted octanol–water partition coefficient (Wildman–Crippen LogP) is 5.02. The van der Waals surface area contributed by atoms with Gasteiger partial charge in [0.25, 0.3) is 0 Å². The van der Waals surface area contributed by atoms with Gasteiger partial charge >= 0.3 is 0 Å². The van der Waals surface area contributed by atoms with Crippen molar-refractivity contribution in [1.29, 1.82) is 0 Å². The number of aryl methyl sites for hydroxylation is 1. The van der Waals surface area contributed by atoms with Crippen LogP contribution in [0, 0.1) is 6.92 Å². The fraction of sp³-hybridized carbons (Fsp3) is 0.333. The molecule has 0 aliphatic heterocycles. The van der Waals surface area contributed by atoms with Gasteiger partial charge in [-0.3, -0.25) is 0 Å². The number of benzene rings is 2. The van der Waals surface area contributed by atoms with Gasteiger partial charge in [0.05, 0.1) is 17.8 Å². The third-order valence-electron chi connectivity index (χ3n) is 4.21. The Bertz CT molecular complexity index is 618. The van der Waals surface area contributed by atoms with Gasteiger partial charge in [0.2, 0.25) is 0 Å². The summed E-state index contributed by atoms with van der Waals surface area (Å²) in [7, 11) is 1.70. The second-order valence-electron chi connectivity index (χ2n) is 5.77. The Balaban J connectivity index is 1.59. The number of halogens is 1. The zero-order valence-electron chi connectivity index (χ0n) is 12.4. The minimum absolute atomic E-state index is 0.511. The molecule has 110 valence electrons. The van der Waals surface area contributed by atoms with Crippen molar-refractivity contribution in [3.05, 3.63) is 58.6 Å². The van der Waals surface area contributed by atoms with Crippen molar-refractivity contribution >= 4 is 17.3 Å². The van der Waals surface area contributed by atoms with Crippen LogP contribution in [0.5, 0.6) is 5.75 Å². The SMILES string of the molecule is COc1ccc(C2CC(Nc3cc(C)ccc3Cl)C2)cc1. The maximum Gasteiger partial charge on any atom is 0.118 e. The van der Waals surface area contributed by atoms with Gasteiger partial charge in [0, 0.05) is 6.04 Å². The molecule has 1 N–H and O–H groups in total. The van der Waals surface area contributed by atoms with E-state index in [1.54, 1.807) is 7.11 Å².